The predicted octanol–water partition coefficient (Wildman–Crippen LogP) is 1.65. The van der Waals surface area contributed by atoms with Crippen molar-refractivity contribution in [3.05, 3.63) is 11.9 Å². The molecule has 5 heteroatoms. The largest absolute Gasteiger partial charge is 0.384 e. The quantitative estimate of drug-likeness (QED) is 0.812. The van der Waals surface area contributed by atoms with Gasteiger partial charge >= 0.3 is 0 Å². The van der Waals surface area contributed by atoms with Crippen LogP contribution in [0.5, 0.6) is 0 Å². The molecule has 1 aromatic heterocycles. The zero-order valence-corrected chi connectivity index (χ0v) is 12.8. The average Bonchev–Trinajstić information content (AvgIpc) is 2.32. The molecule has 0 saturated heterocycles. The SMILES string of the molecule is CCc1nc(N)cc(N(CCN(C)C)CC(C)C)n1. The molecule has 5 nitrogen and oxygen atoms in total. The lowest BCUT2D eigenvalue weighted by Crippen LogP contribution is -2.35. The Morgan fingerprint density at radius 2 is 1.89 bits per heavy atom. The van der Waals surface area contributed by atoms with Gasteiger partial charge in [0.2, 0.25) is 0 Å². The van der Waals surface area contributed by atoms with Gasteiger partial charge in [-0.2, -0.15) is 0 Å². The molecule has 19 heavy (non-hydrogen) atoms. The van der Waals surface area contributed by atoms with E-state index in [1.807, 2.05) is 13.0 Å². The molecule has 0 aliphatic heterocycles. The van der Waals surface area contributed by atoms with Gasteiger partial charge in [0.15, 0.2) is 0 Å². The number of aryl methyl sites for hydroxylation is 1. The van der Waals surface area contributed by atoms with Gasteiger partial charge in [0.25, 0.3) is 0 Å². The molecule has 0 unspecified atom stereocenters. The molecular weight excluding hydrogens is 238 g/mol. The molecule has 0 spiro atoms. The Kier molecular flexibility index (Phi) is 6.02. The standard InChI is InChI=1S/C14H27N5/c1-6-13-16-12(15)9-14(17-13)19(10-11(2)3)8-7-18(4)5/h9,11H,6-8,10H2,1-5H3,(H2,15,16,17). The molecule has 0 atom stereocenters. The van der Waals surface area contributed by atoms with E-state index in [1.165, 1.54) is 0 Å². The van der Waals surface area contributed by atoms with Crippen LogP contribution in [-0.4, -0.2) is 48.6 Å². The van der Waals surface area contributed by atoms with E-state index in [1.54, 1.807) is 0 Å². The van der Waals surface area contributed by atoms with Crippen LogP contribution in [0.2, 0.25) is 0 Å². The highest BCUT2D eigenvalue weighted by Gasteiger charge is 2.12. The van der Waals surface area contributed by atoms with Crippen LogP contribution >= 0.6 is 0 Å². The van der Waals surface area contributed by atoms with Crippen molar-refractivity contribution < 1.29 is 0 Å². The number of nitrogens with two attached hydrogens (primary N) is 1. The van der Waals surface area contributed by atoms with E-state index >= 15 is 0 Å². The summed E-state index contributed by atoms with van der Waals surface area (Å²) in [4.78, 5) is 13.3. The summed E-state index contributed by atoms with van der Waals surface area (Å²) in [5, 5.41) is 0. The van der Waals surface area contributed by atoms with E-state index < -0.39 is 0 Å². The van der Waals surface area contributed by atoms with Gasteiger partial charge < -0.3 is 15.5 Å². The van der Waals surface area contributed by atoms with Crippen LogP contribution in [0.15, 0.2) is 6.07 Å². The molecule has 108 valence electrons. The molecule has 0 aromatic carbocycles. The molecule has 0 radical (unpaired) electrons. The predicted molar refractivity (Wildman–Crippen MR) is 81.4 cm³/mol. The van der Waals surface area contributed by atoms with Gasteiger partial charge in [-0.25, -0.2) is 9.97 Å². The van der Waals surface area contributed by atoms with Crippen molar-refractivity contribution in [2.75, 3.05) is 44.4 Å². The van der Waals surface area contributed by atoms with E-state index in [0.29, 0.717) is 11.7 Å². The van der Waals surface area contributed by atoms with Gasteiger partial charge in [0.05, 0.1) is 0 Å². The molecule has 0 bridgehead atoms. The molecule has 1 rings (SSSR count). The fourth-order valence-electron chi connectivity index (χ4n) is 1.88. The number of nitrogens with zero attached hydrogens (tertiary/aromatic N) is 4. The molecule has 2 N–H and O–H groups in total. The van der Waals surface area contributed by atoms with Crippen molar-refractivity contribution in [3.63, 3.8) is 0 Å². The number of hydrogen-bond donors (Lipinski definition) is 1. The Hall–Kier alpha value is -1.36. The lowest BCUT2D eigenvalue weighted by atomic mass is 10.2. The fourth-order valence-corrected chi connectivity index (χ4v) is 1.88. The Bertz CT molecular complexity index is 389. The second-order valence-corrected chi connectivity index (χ2v) is 5.56. The summed E-state index contributed by atoms with van der Waals surface area (Å²) >= 11 is 0. The van der Waals surface area contributed by atoms with Crippen LogP contribution in [-0.2, 0) is 6.42 Å². The third-order valence-electron chi connectivity index (χ3n) is 2.82. The Morgan fingerprint density at radius 1 is 1.21 bits per heavy atom. The topological polar surface area (TPSA) is 58.3 Å². The molecule has 1 heterocycles. The lowest BCUT2D eigenvalue weighted by molar-refractivity contribution is 0.408. The molecule has 1 aromatic rings. The van der Waals surface area contributed by atoms with Gasteiger partial charge in [0, 0.05) is 32.1 Å². The number of hydrogen-bond acceptors (Lipinski definition) is 5. The highest BCUT2D eigenvalue weighted by Crippen LogP contribution is 2.16. The van der Waals surface area contributed by atoms with Crippen molar-refractivity contribution >= 4 is 11.6 Å². The van der Waals surface area contributed by atoms with Crippen LogP contribution < -0.4 is 10.6 Å². The maximum Gasteiger partial charge on any atom is 0.134 e. The molecule has 0 amide bonds. The summed E-state index contributed by atoms with van der Waals surface area (Å²) < 4.78 is 0. The first kappa shape index (κ1) is 15.7. The smallest absolute Gasteiger partial charge is 0.134 e. The van der Waals surface area contributed by atoms with E-state index in [-0.39, 0.29) is 0 Å². The first-order valence-electron chi connectivity index (χ1n) is 6.95. The summed E-state index contributed by atoms with van der Waals surface area (Å²) in [6, 6.07) is 1.87. The monoisotopic (exact) mass is 265 g/mol. The second-order valence-electron chi connectivity index (χ2n) is 5.56. The number of rotatable bonds is 7. The van der Waals surface area contributed by atoms with E-state index in [2.05, 4.69) is 47.7 Å². The lowest BCUT2D eigenvalue weighted by Gasteiger charge is -2.27. The number of nitrogen functional groups attached to an aromatic ring is 1. The maximum absolute atomic E-state index is 5.87. The minimum atomic E-state index is 0.556. The van der Waals surface area contributed by atoms with E-state index in [0.717, 1.165) is 37.7 Å². The van der Waals surface area contributed by atoms with Crippen molar-refractivity contribution in [1.29, 1.82) is 0 Å². The van der Waals surface area contributed by atoms with Gasteiger partial charge in [-0.05, 0) is 20.0 Å². The van der Waals surface area contributed by atoms with Crippen LogP contribution in [0.3, 0.4) is 0 Å². The van der Waals surface area contributed by atoms with E-state index in [4.69, 9.17) is 5.73 Å². The van der Waals surface area contributed by atoms with Crippen LogP contribution in [0, 0.1) is 5.92 Å². The van der Waals surface area contributed by atoms with Gasteiger partial charge in [-0.15, -0.1) is 0 Å². The molecular formula is C14H27N5. The number of anilines is 2. The fraction of sp³-hybridized carbons (Fsp3) is 0.714. The first-order valence-corrected chi connectivity index (χ1v) is 6.95. The van der Waals surface area contributed by atoms with Crippen LogP contribution in [0.1, 0.15) is 26.6 Å². The molecule has 0 fully saturated rings. The highest BCUT2D eigenvalue weighted by atomic mass is 15.2. The molecule has 0 aliphatic rings. The van der Waals surface area contributed by atoms with E-state index in [9.17, 15) is 0 Å². The summed E-state index contributed by atoms with van der Waals surface area (Å²) in [5.41, 5.74) is 5.87. The average molecular weight is 265 g/mol. The Balaban J connectivity index is 2.91. The summed E-state index contributed by atoms with van der Waals surface area (Å²) in [6.45, 7) is 9.41. The van der Waals surface area contributed by atoms with Gasteiger partial charge in [0.1, 0.15) is 17.5 Å². The molecule has 0 aliphatic carbocycles. The van der Waals surface area contributed by atoms with Gasteiger partial charge in [-0.3, -0.25) is 0 Å². The van der Waals surface area contributed by atoms with Crippen LogP contribution in [0.25, 0.3) is 0 Å². The normalized spacial score (nSPS) is 11.3. The minimum Gasteiger partial charge on any atom is -0.384 e. The summed E-state index contributed by atoms with van der Waals surface area (Å²) in [7, 11) is 4.17. The zero-order valence-electron chi connectivity index (χ0n) is 12.8. The summed E-state index contributed by atoms with van der Waals surface area (Å²) in [6.07, 6.45) is 0.807. The minimum absolute atomic E-state index is 0.556. The van der Waals surface area contributed by atoms with Crippen molar-refractivity contribution in [2.24, 2.45) is 5.92 Å². The Labute approximate surface area is 116 Å². The van der Waals surface area contributed by atoms with Crippen molar-refractivity contribution in [2.45, 2.75) is 27.2 Å². The Morgan fingerprint density at radius 3 is 2.42 bits per heavy atom. The van der Waals surface area contributed by atoms with Gasteiger partial charge in [-0.1, -0.05) is 20.8 Å². The molecule has 0 saturated carbocycles. The highest BCUT2D eigenvalue weighted by molar-refractivity contribution is 5.47. The first-order chi connectivity index (χ1) is 8.92. The number of aromatic nitrogens is 2. The zero-order chi connectivity index (χ0) is 14.4. The van der Waals surface area contributed by atoms with Crippen LogP contribution in [0.4, 0.5) is 11.6 Å². The third kappa shape index (κ3) is 5.42. The number of likely N-dealkylation sites (N-methyl/N-ethyl adjacent to an activating group) is 1. The van der Waals surface area contributed by atoms with Crippen molar-refractivity contribution in [3.8, 4) is 0 Å². The second kappa shape index (κ2) is 7.28. The summed E-state index contributed by atoms with van der Waals surface area (Å²) in [5.74, 6) is 2.90. The maximum atomic E-state index is 5.87. The van der Waals surface area contributed by atoms with Crippen molar-refractivity contribution in [1.82, 2.24) is 14.9 Å². The third-order valence-corrected chi connectivity index (χ3v) is 2.82.